The quantitative estimate of drug-likeness (QED) is 0.346. The molecule has 34 heavy (non-hydrogen) atoms. The van der Waals surface area contributed by atoms with E-state index in [0.29, 0.717) is 16.7 Å². The number of rotatable bonds is 5. The SMILES string of the molecule is O=C(NCC(=O)c1ncc2[nH]cnc2n1)c1ccc2[nH]nc(-c3ccc4ccccc4c3)c2c1. The molecule has 0 bridgehead atoms. The minimum absolute atomic E-state index is 0.00350. The lowest BCUT2D eigenvalue weighted by molar-refractivity contribution is 0.0900. The molecule has 164 valence electrons. The van der Waals surface area contributed by atoms with E-state index in [9.17, 15) is 9.59 Å². The number of H-pyrrole nitrogens is 2. The summed E-state index contributed by atoms with van der Waals surface area (Å²) in [7, 11) is 0. The topological polar surface area (TPSA) is 129 Å². The zero-order valence-electron chi connectivity index (χ0n) is 17.7. The lowest BCUT2D eigenvalue weighted by atomic mass is 10.0. The van der Waals surface area contributed by atoms with Gasteiger partial charge in [0.05, 0.1) is 30.3 Å². The summed E-state index contributed by atoms with van der Waals surface area (Å²) in [4.78, 5) is 40.3. The maximum atomic E-state index is 12.8. The van der Waals surface area contributed by atoms with Gasteiger partial charge in [0, 0.05) is 16.5 Å². The van der Waals surface area contributed by atoms with Gasteiger partial charge in [-0.15, -0.1) is 0 Å². The molecule has 3 aromatic heterocycles. The van der Waals surface area contributed by atoms with Crippen LogP contribution in [0.4, 0.5) is 0 Å². The summed E-state index contributed by atoms with van der Waals surface area (Å²) in [5.74, 6) is -0.773. The van der Waals surface area contributed by atoms with E-state index in [0.717, 1.165) is 32.9 Å². The molecule has 0 spiro atoms. The van der Waals surface area contributed by atoms with E-state index in [1.165, 1.54) is 12.5 Å². The fraction of sp³-hybridized carbons (Fsp3) is 0.0400. The molecule has 6 aromatic rings. The Labute approximate surface area is 192 Å². The Kier molecular flexibility index (Phi) is 4.58. The monoisotopic (exact) mass is 447 g/mol. The molecular weight excluding hydrogens is 430 g/mol. The number of amides is 1. The highest BCUT2D eigenvalue weighted by atomic mass is 16.2. The lowest BCUT2D eigenvalue weighted by Gasteiger charge is -2.05. The average molecular weight is 447 g/mol. The number of nitrogens with zero attached hydrogens (tertiary/aromatic N) is 4. The Morgan fingerprint density at radius 1 is 0.912 bits per heavy atom. The van der Waals surface area contributed by atoms with Crippen molar-refractivity contribution in [3.8, 4) is 11.3 Å². The third kappa shape index (κ3) is 3.45. The molecule has 3 N–H and O–H groups in total. The van der Waals surface area contributed by atoms with Crippen LogP contribution < -0.4 is 5.32 Å². The van der Waals surface area contributed by atoms with Crippen molar-refractivity contribution >= 4 is 44.5 Å². The second kappa shape index (κ2) is 7.89. The molecular formula is C25H17N7O2. The normalized spacial score (nSPS) is 11.3. The molecule has 9 heteroatoms. The van der Waals surface area contributed by atoms with E-state index in [1.54, 1.807) is 18.2 Å². The van der Waals surface area contributed by atoms with Gasteiger partial charge >= 0.3 is 0 Å². The smallest absolute Gasteiger partial charge is 0.251 e. The van der Waals surface area contributed by atoms with Crippen molar-refractivity contribution in [3.63, 3.8) is 0 Å². The molecule has 0 fully saturated rings. The minimum atomic E-state index is -0.403. The molecule has 0 radical (unpaired) electrons. The third-order valence-corrected chi connectivity index (χ3v) is 5.68. The summed E-state index contributed by atoms with van der Waals surface area (Å²) < 4.78 is 0. The Bertz CT molecular complexity index is 1720. The number of fused-ring (bicyclic) bond motifs is 3. The van der Waals surface area contributed by atoms with Gasteiger partial charge in [-0.2, -0.15) is 5.10 Å². The van der Waals surface area contributed by atoms with Crippen molar-refractivity contribution < 1.29 is 9.59 Å². The molecule has 0 saturated carbocycles. The van der Waals surface area contributed by atoms with Crippen LogP contribution in [0.2, 0.25) is 0 Å². The number of imidazole rings is 1. The van der Waals surface area contributed by atoms with Gasteiger partial charge in [-0.25, -0.2) is 15.0 Å². The number of ketones is 1. The highest BCUT2D eigenvalue weighted by Crippen LogP contribution is 2.29. The van der Waals surface area contributed by atoms with Crippen LogP contribution in [0.25, 0.3) is 44.1 Å². The van der Waals surface area contributed by atoms with Gasteiger partial charge in [-0.05, 0) is 35.0 Å². The number of aromatic nitrogens is 6. The van der Waals surface area contributed by atoms with Gasteiger partial charge in [-0.3, -0.25) is 14.7 Å². The maximum absolute atomic E-state index is 12.8. The van der Waals surface area contributed by atoms with Gasteiger partial charge in [0.1, 0.15) is 5.52 Å². The Hall–Kier alpha value is -4.92. The Morgan fingerprint density at radius 2 is 1.79 bits per heavy atom. The minimum Gasteiger partial charge on any atom is -0.344 e. The van der Waals surface area contributed by atoms with Crippen LogP contribution in [0, 0.1) is 0 Å². The lowest BCUT2D eigenvalue weighted by Crippen LogP contribution is -2.30. The molecule has 0 aliphatic carbocycles. The van der Waals surface area contributed by atoms with Gasteiger partial charge in [0.25, 0.3) is 5.91 Å². The first-order valence-corrected chi connectivity index (χ1v) is 10.6. The standard InChI is InChI=1S/C25H17N7O2/c33-21(24-26-11-20-23(30-24)29-13-28-20)12-27-25(34)17-7-8-19-18(10-17)22(32-31-19)16-6-5-14-3-1-2-4-15(14)9-16/h1-11,13H,12H2,(H,27,34)(H,31,32)(H,26,28,29,30). The molecule has 0 aliphatic heterocycles. The molecule has 3 heterocycles. The molecule has 6 rings (SSSR count). The van der Waals surface area contributed by atoms with Crippen LogP contribution in [-0.2, 0) is 0 Å². The molecule has 1 amide bonds. The van der Waals surface area contributed by atoms with Crippen molar-refractivity contribution in [3.05, 3.63) is 84.6 Å². The van der Waals surface area contributed by atoms with Crippen LogP contribution in [0.3, 0.4) is 0 Å². The van der Waals surface area contributed by atoms with Crippen molar-refractivity contribution in [2.24, 2.45) is 0 Å². The number of hydrogen-bond donors (Lipinski definition) is 3. The predicted molar refractivity (Wildman–Crippen MR) is 127 cm³/mol. The predicted octanol–water partition coefficient (Wildman–Crippen LogP) is 3.66. The van der Waals surface area contributed by atoms with E-state index in [-0.39, 0.29) is 18.3 Å². The summed E-state index contributed by atoms with van der Waals surface area (Å²) in [5.41, 5.74) is 3.98. The summed E-state index contributed by atoms with van der Waals surface area (Å²) in [6, 6.07) is 19.5. The van der Waals surface area contributed by atoms with Gasteiger partial charge < -0.3 is 10.3 Å². The first kappa shape index (κ1) is 19.7. The number of benzene rings is 3. The summed E-state index contributed by atoms with van der Waals surface area (Å²) in [6.07, 6.45) is 2.97. The van der Waals surface area contributed by atoms with E-state index in [2.05, 4.69) is 59.7 Å². The van der Waals surface area contributed by atoms with Gasteiger partial charge in [-0.1, -0.05) is 36.4 Å². The molecule has 0 atom stereocenters. The zero-order valence-corrected chi connectivity index (χ0v) is 17.7. The molecule has 0 saturated heterocycles. The first-order valence-electron chi connectivity index (χ1n) is 10.6. The van der Waals surface area contributed by atoms with Gasteiger partial charge in [0.2, 0.25) is 5.78 Å². The van der Waals surface area contributed by atoms with Crippen molar-refractivity contribution in [2.45, 2.75) is 0 Å². The second-order valence-electron chi connectivity index (χ2n) is 7.83. The second-order valence-corrected chi connectivity index (χ2v) is 7.83. The van der Waals surface area contributed by atoms with E-state index in [4.69, 9.17) is 0 Å². The number of carbonyl (C=O) groups is 2. The number of aromatic amines is 2. The van der Waals surface area contributed by atoms with Crippen LogP contribution in [-0.4, -0.2) is 48.4 Å². The van der Waals surface area contributed by atoms with E-state index in [1.807, 2.05) is 18.2 Å². The van der Waals surface area contributed by atoms with Gasteiger partial charge in [0.15, 0.2) is 11.5 Å². The number of nitrogens with one attached hydrogen (secondary N) is 3. The van der Waals surface area contributed by atoms with Crippen LogP contribution in [0.15, 0.2) is 73.2 Å². The maximum Gasteiger partial charge on any atom is 0.251 e. The fourth-order valence-corrected chi connectivity index (χ4v) is 3.92. The van der Waals surface area contributed by atoms with E-state index >= 15 is 0 Å². The first-order chi connectivity index (χ1) is 16.7. The average Bonchev–Trinajstić information content (AvgIpc) is 3.53. The highest BCUT2D eigenvalue weighted by molar-refractivity contribution is 6.04. The highest BCUT2D eigenvalue weighted by Gasteiger charge is 2.16. The Balaban J connectivity index is 1.24. The summed E-state index contributed by atoms with van der Waals surface area (Å²) in [6.45, 7) is -0.226. The van der Waals surface area contributed by atoms with Crippen molar-refractivity contribution in [1.82, 2.24) is 35.5 Å². The van der Waals surface area contributed by atoms with Crippen LogP contribution >= 0.6 is 0 Å². The molecule has 3 aromatic carbocycles. The van der Waals surface area contributed by atoms with Crippen LogP contribution in [0.1, 0.15) is 21.0 Å². The molecule has 9 nitrogen and oxygen atoms in total. The number of hydrogen-bond acceptors (Lipinski definition) is 6. The molecule has 0 aliphatic rings. The third-order valence-electron chi connectivity index (χ3n) is 5.68. The van der Waals surface area contributed by atoms with E-state index < -0.39 is 5.78 Å². The fourth-order valence-electron chi connectivity index (χ4n) is 3.92. The number of carbonyl (C=O) groups excluding carboxylic acids is 2. The Morgan fingerprint density at radius 3 is 2.71 bits per heavy atom. The zero-order chi connectivity index (χ0) is 23.1. The number of Topliss-reactive ketones (excluding diaryl/α,β-unsaturated/α-hetero) is 1. The largest absolute Gasteiger partial charge is 0.344 e. The summed E-state index contributed by atoms with van der Waals surface area (Å²) >= 11 is 0. The van der Waals surface area contributed by atoms with Crippen molar-refractivity contribution in [1.29, 1.82) is 0 Å². The van der Waals surface area contributed by atoms with Crippen molar-refractivity contribution in [2.75, 3.05) is 6.54 Å². The van der Waals surface area contributed by atoms with Crippen LogP contribution in [0.5, 0.6) is 0 Å². The molecule has 0 unspecified atom stereocenters. The summed E-state index contributed by atoms with van der Waals surface area (Å²) in [5, 5.41) is 13.2.